The molecule has 134 valence electrons. The van der Waals surface area contributed by atoms with Crippen LogP contribution in [0.3, 0.4) is 0 Å². The SMILES string of the molecule is Cc1nc2ccc(C(=O)N3CCN(Cc4ccsc4)CC3)cc2nc1C. The molecule has 1 amide bonds. The summed E-state index contributed by atoms with van der Waals surface area (Å²) in [4.78, 5) is 26.3. The van der Waals surface area contributed by atoms with E-state index in [9.17, 15) is 4.79 Å². The third kappa shape index (κ3) is 3.48. The standard InChI is InChI=1S/C20H22N4OS/c1-14-15(2)22-19-11-17(3-4-18(19)21-14)20(25)24-8-6-23(7-9-24)12-16-5-10-26-13-16/h3-5,10-11,13H,6-9,12H2,1-2H3. The summed E-state index contributed by atoms with van der Waals surface area (Å²) in [6, 6.07) is 7.80. The van der Waals surface area contributed by atoms with E-state index in [0.29, 0.717) is 5.56 Å². The maximum atomic E-state index is 12.9. The van der Waals surface area contributed by atoms with Gasteiger partial charge >= 0.3 is 0 Å². The molecule has 0 radical (unpaired) electrons. The van der Waals surface area contributed by atoms with Crippen molar-refractivity contribution in [2.45, 2.75) is 20.4 Å². The zero-order valence-electron chi connectivity index (χ0n) is 15.1. The first kappa shape index (κ1) is 17.1. The van der Waals surface area contributed by atoms with Crippen molar-refractivity contribution in [3.05, 3.63) is 57.5 Å². The Labute approximate surface area is 157 Å². The average molecular weight is 366 g/mol. The van der Waals surface area contributed by atoms with E-state index >= 15 is 0 Å². The van der Waals surface area contributed by atoms with Gasteiger partial charge in [-0.1, -0.05) is 0 Å². The molecule has 0 N–H and O–H groups in total. The number of amides is 1. The smallest absolute Gasteiger partial charge is 0.254 e. The minimum atomic E-state index is 0.0853. The van der Waals surface area contributed by atoms with E-state index in [2.05, 4.69) is 31.7 Å². The molecule has 0 atom stereocenters. The Morgan fingerprint density at radius 1 is 1.04 bits per heavy atom. The highest BCUT2D eigenvalue weighted by atomic mass is 32.1. The van der Waals surface area contributed by atoms with Gasteiger partial charge in [-0.15, -0.1) is 0 Å². The second kappa shape index (κ2) is 7.13. The van der Waals surface area contributed by atoms with E-state index in [1.54, 1.807) is 11.3 Å². The van der Waals surface area contributed by atoms with Gasteiger partial charge in [0.05, 0.1) is 22.4 Å². The summed E-state index contributed by atoms with van der Waals surface area (Å²) in [5.74, 6) is 0.0853. The topological polar surface area (TPSA) is 49.3 Å². The lowest BCUT2D eigenvalue weighted by molar-refractivity contribution is 0.0629. The van der Waals surface area contributed by atoms with E-state index in [1.807, 2.05) is 36.9 Å². The number of aromatic nitrogens is 2. The minimum absolute atomic E-state index is 0.0853. The van der Waals surface area contributed by atoms with Crippen molar-refractivity contribution in [3.63, 3.8) is 0 Å². The lowest BCUT2D eigenvalue weighted by atomic mass is 10.1. The fourth-order valence-corrected chi connectivity index (χ4v) is 3.96. The molecule has 6 heteroatoms. The van der Waals surface area contributed by atoms with Gasteiger partial charge in [-0.2, -0.15) is 11.3 Å². The van der Waals surface area contributed by atoms with Gasteiger partial charge in [0.15, 0.2) is 0 Å². The third-order valence-electron chi connectivity index (χ3n) is 4.97. The largest absolute Gasteiger partial charge is 0.336 e. The highest BCUT2D eigenvalue weighted by Gasteiger charge is 2.22. The van der Waals surface area contributed by atoms with Crippen LogP contribution in [0.2, 0.25) is 0 Å². The number of aryl methyl sites for hydroxylation is 2. The lowest BCUT2D eigenvalue weighted by Crippen LogP contribution is -2.48. The van der Waals surface area contributed by atoms with E-state index < -0.39 is 0 Å². The zero-order valence-corrected chi connectivity index (χ0v) is 15.9. The summed E-state index contributed by atoms with van der Waals surface area (Å²) in [6.45, 7) is 8.22. The predicted molar refractivity (Wildman–Crippen MR) is 105 cm³/mol. The number of hydrogen-bond donors (Lipinski definition) is 0. The van der Waals surface area contributed by atoms with Gasteiger partial charge in [0.25, 0.3) is 5.91 Å². The van der Waals surface area contributed by atoms with Crippen LogP contribution in [0.4, 0.5) is 0 Å². The van der Waals surface area contributed by atoms with Crippen LogP contribution >= 0.6 is 11.3 Å². The second-order valence-electron chi connectivity index (χ2n) is 6.80. The molecule has 2 aromatic heterocycles. The molecule has 5 nitrogen and oxygen atoms in total. The molecule has 1 aliphatic rings. The fourth-order valence-electron chi connectivity index (χ4n) is 3.30. The van der Waals surface area contributed by atoms with Gasteiger partial charge < -0.3 is 4.90 Å². The molecular weight excluding hydrogens is 344 g/mol. The van der Waals surface area contributed by atoms with Crippen LogP contribution in [-0.2, 0) is 6.54 Å². The lowest BCUT2D eigenvalue weighted by Gasteiger charge is -2.34. The Morgan fingerprint density at radius 2 is 1.77 bits per heavy atom. The van der Waals surface area contributed by atoms with Crippen molar-refractivity contribution in [2.75, 3.05) is 26.2 Å². The highest BCUT2D eigenvalue weighted by Crippen LogP contribution is 2.17. The van der Waals surface area contributed by atoms with Crippen LogP contribution < -0.4 is 0 Å². The number of benzene rings is 1. The summed E-state index contributed by atoms with van der Waals surface area (Å²) in [5, 5.41) is 4.30. The number of carbonyl (C=O) groups excluding carboxylic acids is 1. The number of hydrogen-bond acceptors (Lipinski definition) is 5. The van der Waals surface area contributed by atoms with Gasteiger partial charge in [-0.3, -0.25) is 9.69 Å². The maximum Gasteiger partial charge on any atom is 0.254 e. The van der Waals surface area contributed by atoms with E-state index in [-0.39, 0.29) is 5.91 Å². The minimum Gasteiger partial charge on any atom is -0.336 e. The van der Waals surface area contributed by atoms with Gasteiger partial charge in [-0.05, 0) is 54.4 Å². The number of piperazine rings is 1. The number of fused-ring (bicyclic) bond motifs is 1. The van der Waals surface area contributed by atoms with Crippen molar-refractivity contribution in [1.82, 2.24) is 19.8 Å². The highest BCUT2D eigenvalue weighted by molar-refractivity contribution is 7.07. The summed E-state index contributed by atoms with van der Waals surface area (Å²) >= 11 is 1.73. The van der Waals surface area contributed by atoms with Crippen molar-refractivity contribution in [1.29, 1.82) is 0 Å². The summed E-state index contributed by atoms with van der Waals surface area (Å²) in [5.41, 5.74) is 5.51. The molecule has 0 unspecified atom stereocenters. The van der Waals surface area contributed by atoms with Crippen LogP contribution in [0.25, 0.3) is 11.0 Å². The molecular formula is C20H22N4OS. The Kier molecular flexibility index (Phi) is 4.70. The van der Waals surface area contributed by atoms with Gasteiger partial charge in [0.2, 0.25) is 0 Å². The third-order valence-corrected chi connectivity index (χ3v) is 5.70. The molecule has 0 aliphatic carbocycles. The van der Waals surface area contributed by atoms with Crippen molar-refractivity contribution in [3.8, 4) is 0 Å². The van der Waals surface area contributed by atoms with E-state index in [4.69, 9.17) is 0 Å². The summed E-state index contributed by atoms with van der Waals surface area (Å²) in [7, 11) is 0. The van der Waals surface area contributed by atoms with Crippen molar-refractivity contribution >= 4 is 28.3 Å². The predicted octanol–water partition coefficient (Wildman–Crippen LogP) is 3.27. The maximum absolute atomic E-state index is 12.9. The molecule has 0 saturated carbocycles. The van der Waals surface area contributed by atoms with Crippen LogP contribution in [0.15, 0.2) is 35.0 Å². The van der Waals surface area contributed by atoms with Crippen LogP contribution in [0.1, 0.15) is 27.3 Å². The van der Waals surface area contributed by atoms with Gasteiger partial charge in [-0.25, -0.2) is 9.97 Å². The fraction of sp³-hybridized carbons (Fsp3) is 0.350. The number of nitrogens with zero attached hydrogens (tertiary/aromatic N) is 4. The molecule has 1 saturated heterocycles. The number of carbonyl (C=O) groups is 1. The molecule has 1 aliphatic heterocycles. The Bertz CT molecular complexity index is 930. The van der Waals surface area contributed by atoms with E-state index in [1.165, 1.54) is 5.56 Å². The zero-order chi connectivity index (χ0) is 18.1. The first-order valence-electron chi connectivity index (χ1n) is 8.88. The average Bonchev–Trinajstić information content (AvgIpc) is 3.15. The Morgan fingerprint density at radius 3 is 2.46 bits per heavy atom. The summed E-state index contributed by atoms with van der Waals surface area (Å²) in [6.07, 6.45) is 0. The van der Waals surface area contributed by atoms with Gasteiger partial charge in [0, 0.05) is 38.3 Å². The molecule has 3 aromatic rings. The van der Waals surface area contributed by atoms with Crippen LogP contribution in [0, 0.1) is 13.8 Å². The van der Waals surface area contributed by atoms with Crippen LogP contribution in [0.5, 0.6) is 0 Å². The monoisotopic (exact) mass is 366 g/mol. The molecule has 26 heavy (non-hydrogen) atoms. The Hall–Kier alpha value is -2.31. The number of rotatable bonds is 3. The van der Waals surface area contributed by atoms with Crippen molar-refractivity contribution in [2.24, 2.45) is 0 Å². The molecule has 1 fully saturated rings. The first-order valence-corrected chi connectivity index (χ1v) is 9.82. The second-order valence-corrected chi connectivity index (χ2v) is 7.58. The Balaban J connectivity index is 1.44. The van der Waals surface area contributed by atoms with E-state index in [0.717, 1.165) is 55.1 Å². The molecule has 0 bridgehead atoms. The molecule has 4 rings (SSSR count). The van der Waals surface area contributed by atoms with Crippen molar-refractivity contribution < 1.29 is 4.79 Å². The molecule has 1 aromatic carbocycles. The quantitative estimate of drug-likeness (QED) is 0.714. The van der Waals surface area contributed by atoms with Crippen LogP contribution in [-0.4, -0.2) is 51.9 Å². The normalized spacial score (nSPS) is 15.5. The molecule has 3 heterocycles. The first-order chi connectivity index (χ1) is 12.6. The van der Waals surface area contributed by atoms with Gasteiger partial charge in [0.1, 0.15) is 0 Å². The summed E-state index contributed by atoms with van der Waals surface area (Å²) < 4.78 is 0. The number of thiophene rings is 1. The molecule has 0 spiro atoms.